The quantitative estimate of drug-likeness (QED) is 0.644. The number of aliphatic hydroxyl groups excluding tert-OH is 1. The average Bonchev–Trinajstić information content (AvgIpc) is 2.85. The number of anilines is 1. The molecule has 0 aromatic carbocycles. The number of carbonyl (C=O) groups excluding carboxylic acids is 2. The van der Waals surface area contributed by atoms with E-state index in [1.165, 1.54) is 0 Å². The van der Waals surface area contributed by atoms with E-state index in [1.54, 1.807) is 0 Å². The maximum Gasteiger partial charge on any atom is 0.445 e. The second-order valence-corrected chi connectivity index (χ2v) is 4.67. The molecule has 2 rings (SSSR count). The van der Waals surface area contributed by atoms with Crippen molar-refractivity contribution in [3.8, 4) is 0 Å². The van der Waals surface area contributed by atoms with Gasteiger partial charge in [-0.15, -0.1) is 10.2 Å². The van der Waals surface area contributed by atoms with Crippen LogP contribution in [0.15, 0.2) is 0 Å². The van der Waals surface area contributed by atoms with Gasteiger partial charge in [-0.3, -0.25) is 14.9 Å². The number of aliphatic hydroxyl groups is 1. The molecule has 0 saturated carbocycles. The third-order valence-corrected chi connectivity index (χ3v) is 3.22. The van der Waals surface area contributed by atoms with E-state index in [2.05, 4.69) is 15.5 Å². The SMILES string of the molecule is O=C1NCC(O)C1C(=O)Nc1nnc(C(F)(F)F)s1. The molecule has 2 atom stereocenters. The van der Waals surface area contributed by atoms with Crippen LogP contribution in [0, 0.1) is 5.92 Å². The first kappa shape index (κ1) is 13.7. The Balaban J connectivity index is 2.07. The summed E-state index contributed by atoms with van der Waals surface area (Å²) in [7, 11) is 0. The Morgan fingerprint density at radius 3 is 2.63 bits per heavy atom. The highest BCUT2D eigenvalue weighted by molar-refractivity contribution is 7.15. The van der Waals surface area contributed by atoms with Gasteiger partial charge in [0.1, 0.15) is 5.92 Å². The van der Waals surface area contributed by atoms with Gasteiger partial charge in [0.25, 0.3) is 0 Å². The van der Waals surface area contributed by atoms with Crippen molar-refractivity contribution in [2.75, 3.05) is 11.9 Å². The van der Waals surface area contributed by atoms with Gasteiger partial charge in [0, 0.05) is 6.54 Å². The minimum absolute atomic E-state index is 0.0825. The topological polar surface area (TPSA) is 104 Å². The van der Waals surface area contributed by atoms with Crippen molar-refractivity contribution in [3.05, 3.63) is 5.01 Å². The average molecular weight is 296 g/mol. The van der Waals surface area contributed by atoms with Crippen LogP contribution >= 0.6 is 11.3 Å². The number of amides is 2. The first-order valence-corrected chi connectivity index (χ1v) is 5.78. The number of nitrogens with zero attached hydrogens (tertiary/aromatic N) is 2. The van der Waals surface area contributed by atoms with Gasteiger partial charge in [0.2, 0.25) is 22.0 Å². The van der Waals surface area contributed by atoms with Crippen molar-refractivity contribution in [3.63, 3.8) is 0 Å². The molecule has 1 aromatic rings. The van der Waals surface area contributed by atoms with Gasteiger partial charge in [-0.2, -0.15) is 13.2 Å². The Labute approximate surface area is 107 Å². The van der Waals surface area contributed by atoms with Crippen molar-refractivity contribution < 1.29 is 27.9 Å². The maximum atomic E-state index is 12.3. The van der Waals surface area contributed by atoms with E-state index in [4.69, 9.17) is 0 Å². The van der Waals surface area contributed by atoms with Crippen molar-refractivity contribution in [1.82, 2.24) is 15.5 Å². The van der Waals surface area contributed by atoms with Crippen LogP contribution in [0.3, 0.4) is 0 Å². The molecule has 3 N–H and O–H groups in total. The number of rotatable bonds is 2. The molecule has 0 spiro atoms. The van der Waals surface area contributed by atoms with Gasteiger partial charge < -0.3 is 10.4 Å². The molecule has 0 radical (unpaired) electrons. The van der Waals surface area contributed by atoms with Gasteiger partial charge in [0.15, 0.2) is 0 Å². The van der Waals surface area contributed by atoms with E-state index >= 15 is 0 Å². The summed E-state index contributed by atoms with van der Waals surface area (Å²) in [5.41, 5.74) is 0. The van der Waals surface area contributed by atoms with Crippen LogP contribution < -0.4 is 10.6 Å². The van der Waals surface area contributed by atoms with Gasteiger partial charge in [0.05, 0.1) is 6.10 Å². The fraction of sp³-hybridized carbons (Fsp3) is 0.500. The Morgan fingerprint density at radius 2 is 2.16 bits per heavy atom. The molecule has 1 fully saturated rings. The standard InChI is InChI=1S/C8H7F3N4O3S/c9-8(10,11)6-14-15-7(19-6)13-5(18)3-2(16)1-12-4(3)17/h2-3,16H,1H2,(H,12,17)(H,13,15,18). The van der Waals surface area contributed by atoms with Crippen LogP contribution in [0.1, 0.15) is 5.01 Å². The van der Waals surface area contributed by atoms with Gasteiger partial charge >= 0.3 is 6.18 Å². The lowest BCUT2D eigenvalue weighted by atomic mass is 10.1. The number of alkyl halides is 3. The maximum absolute atomic E-state index is 12.3. The third-order valence-electron chi connectivity index (χ3n) is 2.33. The minimum atomic E-state index is -4.65. The Kier molecular flexibility index (Phi) is 3.41. The zero-order chi connectivity index (χ0) is 14.2. The molecule has 2 heterocycles. The van der Waals surface area contributed by atoms with Gasteiger partial charge in [-0.25, -0.2) is 0 Å². The first-order valence-electron chi connectivity index (χ1n) is 4.96. The molecule has 1 saturated heterocycles. The van der Waals surface area contributed by atoms with E-state index in [0.717, 1.165) is 0 Å². The molecule has 2 amide bonds. The second kappa shape index (κ2) is 4.74. The van der Waals surface area contributed by atoms with Crippen molar-refractivity contribution in [2.45, 2.75) is 12.3 Å². The van der Waals surface area contributed by atoms with E-state index in [0.29, 0.717) is 0 Å². The highest BCUT2D eigenvalue weighted by Crippen LogP contribution is 2.33. The normalized spacial score (nSPS) is 23.3. The van der Waals surface area contributed by atoms with Crippen LogP contribution in [-0.2, 0) is 15.8 Å². The van der Waals surface area contributed by atoms with Crippen LogP contribution in [0.5, 0.6) is 0 Å². The molecule has 7 nitrogen and oxygen atoms in total. The molecule has 19 heavy (non-hydrogen) atoms. The van der Waals surface area contributed by atoms with Crippen LogP contribution in [0.2, 0.25) is 0 Å². The smallest absolute Gasteiger partial charge is 0.390 e. The Hall–Kier alpha value is -1.75. The summed E-state index contributed by atoms with van der Waals surface area (Å²) in [6.07, 6.45) is -5.87. The molecular formula is C8H7F3N4O3S. The number of β-amino-alcohol motifs (C(OH)–C–C–N with tert-alkyl or cyclic N) is 1. The van der Waals surface area contributed by atoms with Crippen molar-refractivity contribution >= 4 is 28.3 Å². The predicted octanol–water partition coefficient (Wildman–Crippen LogP) is -0.398. The van der Waals surface area contributed by atoms with Gasteiger partial charge in [-0.1, -0.05) is 11.3 Å². The number of hydrogen-bond acceptors (Lipinski definition) is 6. The number of aromatic nitrogens is 2. The van der Waals surface area contributed by atoms with Crippen LogP contribution in [0.4, 0.5) is 18.3 Å². The number of carbonyl (C=O) groups is 2. The zero-order valence-electron chi connectivity index (χ0n) is 9.06. The first-order chi connectivity index (χ1) is 8.79. The minimum Gasteiger partial charge on any atom is -0.390 e. The van der Waals surface area contributed by atoms with E-state index < -0.39 is 35.0 Å². The molecule has 104 valence electrons. The fourth-order valence-electron chi connectivity index (χ4n) is 1.47. The number of halogens is 3. The predicted molar refractivity (Wildman–Crippen MR) is 56.0 cm³/mol. The van der Waals surface area contributed by atoms with Gasteiger partial charge in [-0.05, 0) is 0 Å². The molecule has 11 heteroatoms. The molecule has 1 aromatic heterocycles. The van der Waals surface area contributed by atoms with E-state index in [1.807, 2.05) is 5.32 Å². The molecule has 0 bridgehead atoms. The number of hydrogen-bond donors (Lipinski definition) is 3. The van der Waals surface area contributed by atoms with Crippen molar-refractivity contribution in [2.24, 2.45) is 5.92 Å². The zero-order valence-corrected chi connectivity index (χ0v) is 9.88. The molecule has 2 unspecified atom stereocenters. The molecule has 0 aliphatic carbocycles. The summed E-state index contributed by atoms with van der Waals surface area (Å²) in [5, 5.41) is 18.1. The highest BCUT2D eigenvalue weighted by Gasteiger charge is 2.40. The van der Waals surface area contributed by atoms with Crippen molar-refractivity contribution in [1.29, 1.82) is 0 Å². The summed E-state index contributed by atoms with van der Waals surface area (Å²) in [4.78, 5) is 22.9. The summed E-state index contributed by atoms with van der Waals surface area (Å²) >= 11 is 0.137. The monoisotopic (exact) mass is 296 g/mol. The summed E-state index contributed by atoms with van der Waals surface area (Å²) < 4.78 is 36.8. The number of nitrogens with one attached hydrogen (secondary N) is 2. The Morgan fingerprint density at radius 1 is 1.47 bits per heavy atom. The molecule has 1 aliphatic rings. The Bertz CT molecular complexity index is 518. The third kappa shape index (κ3) is 2.81. The molecular weight excluding hydrogens is 289 g/mol. The largest absolute Gasteiger partial charge is 0.445 e. The van der Waals surface area contributed by atoms with Crippen LogP contribution in [-0.4, -0.2) is 39.8 Å². The fourth-order valence-corrected chi connectivity index (χ4v) is 2.09. The molecule has 1 aliphatic heterocycles. The summed E-state index contributed by atoms with van der Waals surface area (Å²) in [6, 6.07) is 0. The lowest BCUT2D eigenvalue weighted by molar-refractivity contribution is -0.138. The van der Waals surface area contributed by atoms with Crippen LogP contribution in [0.25, 0.3) is 0 Å². The van der Waals surface area contributed by atoms with E-state index in [9.17, 15) is 27.9 Å². The summed E-state index contributed by atoms with van der Waals surface area (Å²) in [6.45, 7) is -0.0825. The lowest BCUT2D eigenvalue weighted by Crippen LogP contribution is -2.34. The summed E-state index contributed by atoms with van der Waals surface area (Å²) in [5.74, 6) is -2.98. The van der Waals surface area contributed by atoms with E-state index in [-0.39, 0.29) is 23.0 Å². The second-order valence-electron chi connectivity index (χ2n) is 3.69. The highest BCUT2D eigenvalue weighted by atomic mass is 32.1. The lowest BCUT2D eigenvalue weighted by Gasteiger charge is -2.09.